The van der Waals surface area contributed by atoms with Crippen molar-refractivity contribution in [2.24, 2.45) is 10.9 Å². The number of rotatable bonds is 9. The molecule has 0 bridgehead atoms. The van der Waals surface area contributed by atoms with Gasteiger partial charge in [0.15, 0.2) is 5.96 Å². The van der Waals surface area contributed by atoms with Crippen molar-refractivity contribution in [2.75, 3.05) is 33.3 Å². The summed E-state index contributed by atoms with van der Waals surface area (Å²) in [6.45, 7) is 8.13. The fraction of sp³-hybridized carbons (Fsp3) is 0.474. The highest BCUT2D eigenvalue weighted by Crippen LogP contribution is 2.08. The number of nitrogens with one attached hydrogen (secondary N) is 1. The van der Waals surface area contributed by atoms with Crippen LogP contribution in [0.15, 0.2) is 53.8 Å². The topological polar surface area (TPSA) is 54.7 Å². The summed E-state index contributed by atoms with van der Waals surface area (Å²) in [7, 11) is 2.04. The first kappa shape index (κ1) is 22.3. The Hall–Kier alpha value is -1.77. The molecule has 26 heavy (non-hydrogen) atoms. The van der Waals surface area contributed by atoms with E-state index in [9.17, 15) is 0 Å². The van der Waals surface area contributed by atoms with Gasteiger partial charge < -0.3 is 15.0 Å². The van der Waals surface area contributed by atoms with E-state index in [4.69, 9.17) is 9.73 Å². The van der Waals surface area contributed by atoms with Gasteiger partial charge in [-0.1, -0.05) is 25.1 Å². The normalized spacial score (nSPS) is 12.2. The maximum atomic E-state index is 5.76. The minimum Gasteiger partial charge on any atom is -0.492 e. The zero-order valence-corrected chi connectivity index (χ0v) is 18.2. The van der Waals surface area contributed by atoms with Gasteiger partial charge in [0.1, 0.15) is 12.4 Å². The fourth-order valence-corrected chi connectivity index (χ4v) is 2.42. The van der Waals surface area contributed by atoms with Gasteiger partial charge in [0.2, 0.25) is 0 Å². The third-order valence-corrected chi connectivity index (χ3v) is 3.75. The van der Waals surface area contributed by atoms with E-state index in [1.807, 2.05) is 54.3 Å². The van der Waals surface area contributed by atoms with Gasteiger partial charge in [-0.3, -0.25) is 9.67 Å². The second kappa shape index (κ2) is 12.6. The van der Waals surface area contributed by atoms with Gasteiger partial charge in [-0.05, 0) is 31.0 Å². The maximum absolute atomic E-state index is 5.76. The Kier molecular flexibility index (Phi) is 10.8. The molecule has 0 saturated heterocycles. The van der Waals surface area contributed by atoms with Crippen LogP contribution in [0.5, 0.6) is 5.75 Å². The Balaban J connectivity index is 0.00000338. The lowest BCUT2D eigenvalue weighted by Gasteiger charge is -2.22. The van der Waals surface area contributed by atoms with Crippen LogP contribution in [0.1, 0.15) is 13.8 Å². The Morgan fingerprint density at radius 1 is 1.31 bits per heavy atom. The van der Waals surface area contributed by atoms with Crippen LogP contribution in [0.2, 0.25) is 0 Å². The van der Waals surface area contributed by atoms with E-state index in [0.717, 1.165) is 37.9 Å². The molecule has 144 valence electrons. The van der Waals surface area contributed by atoms with Crippen LogP contribution in [-0.2, 0) is 6.54 Å². The lowest BCUT2D eigenvalue weighted by Crippen LogP contribution is -2.41. The van der Waals surface area contributed by atoms with Gasteiger partial charge in [-0.15, -0.1) is 24.0 Å². The van der Waals surface area contributed by atoms with Crippen molar-refractivity contribution in [1.29, 1.82) is 0 Å². The van der Waals surface area contributed by atoms with Crippen molar-refractivity contribution in [3.8, 4) is 5.75 Å². The summed E-state index contributed by atoms with van der Waals surface area (Å²) in [4.78, 5) is 6.86. The lowest BCUT2D eigenvalue weighted by atomic mass is 10.2. The monoisotopic (exact) mass is 471 g/mol. The van der Waals surface area contributed by atoms with Crippen LogP contribution >= 0.6 is 24.0 Å². The van der Waals surface area contributed by atoms with Crippen molar-refractivity contribution in [1.82, 2.24) is 20.0 Å². The van der Waals surface area contributed by atoms with Crippen LogP contribution in [0.25, 0.3) is 0 Å². The molecule has 1 N–H and O–H groups in total. The van der Waals surface area contributed by atoms with Crippen LogP contribution < -0.4 is 10.1 Å². The molecule has 0 aliphatic carbocycles. The average Bonchev–Trinajstić information content (AvgIpc) is 3.12. The van der Waals surface area contributed by atoms with Crippen molar-refractivity contribution in [2.45, 2.75) is 20.4 Å². The highest BCUT2D eigenvalue weighted by atomic mass is 127. The van der Waals surface area contributed by atoms with E-state index in [0.29, 0.717) is 12.5 Å². The van der Waals surface area contributed by atoms with Crippen molar-refractivity contribution in [3.05, 3.63) is 48.8 Å². The van der Waals surface area contributed by atoms with E-state index in [1.54, 1.807) is 6.20 Å². The molecule has 0 fully saturated rings. The SMILES string of the molecule is CCNC(=NCC(C)Cn1cccn1)N(C)CCOc1ccccc1.I. The molecular weight excluding hydrogens is 441 g/mol. The molecule has 2 rings (SSSR count). The zero-order valence-electron chi connectivity index (χ0n) is 15.8. The van der Waals surface area contributed by atoms with Gasteiger partial charge in [-0.2, -0.15) is 5.10 Å². The molecule has 1 aromatic heterocycles. The predicted octanol–water partition coefficient (Wildman–Crippen LogP) is 3.11. The van der Waals surface area contributed by atoms with Gasteiger partial charge in [0, 0.05) is 39.1 Å². The summed E-state index contributed by atoms with van der Waals surface area (Å²) < 4.78 is 7.71. The molecule has 7 heteroatoms. The first-order valence-electron chi connectivity index (χ1n) is 8.83. The standard InChI is InChI=1S/C19H29N5O.HI/c1-4-20-19(21-15-17(2)16-24-12-8-11-22-24)23(3)13-14-25-18-9-6-5-7-10-18;/h5-12,17H,4,13-16H2,1-3H3,(H,20,21);1H. The average molecular weight is 471 g/mol. The second-order valence-corrected chi connectivity index (χ2v) is 6.11. The molecule has 0 amide bonds. The summed E-state index contributed by atoms with van der Waals surface area (Å²) in [5.41, 5.74) is 0. The number of nitrogens with zero attached hydrogens (tertiary/aromatic N) is 4. The molecule has 0 aliphatic heterocycles. The van der Waals surface area contributed by atoms with Gasteiger partial charge in [0.05, 0.1) is 6.54 Å². The number of aromatic nitrogens is 2. The largest absolute Gasteiger partial charge is 0.492 e. The van der Waals surface area contributed by atoms with Crippen LogP contribution in [0.3, 0.4) is 0 Å². The van der Waals surface area contributed by atoms with E-state index in [-0.39, 0.29) is 24.0 Å². The van der Waals surface area contributed by atoms with E-state index < -0.39 is 0 Å². The summed E-state index contributed by atoms with van der Waals surface area (Å²) in [6, 6.07) is 11.8. The van der Waals surface area contributed by atoms with Gasteiger partial charge >= 0.3 is 0 Å². The number of guanidine groups is 1. The molecule has 0 saturated carbocycles. The fourth-order valence-electron chi connectivity index (χ4n) is 2.42. The maximum Gasteiger partial charge on any atom is 0.193 e. The Morgan fingerprint density at radius 3 is 2.73 bits per heavy atom. The van der Waals surface area contributed by atoms with Gasteiger partial charge in [-0.25, -0.2) is 0 Å². The Morgan fingerprint density at radius 2 is 2.08 bits per heavy atom. The number of hydrogen-bond acceptors (Lipinski definition) is 3. The first-order valence-corrected chi connectivity index (χ1v) is 8.83. The molecule has 0 radical (unpaired) electrons. The van der Waals surface area contributed by atoms with Crippen LogP contribution in [-0.4, -0.2) is 53.9 Å². The number of halogens is 1. The molecular formula is C19H30IN5O. The summed E-state index contributed by atoms with van der Waals surface area (Å²) in [5.74, 6) is 2.22. The summed E-state index contributed by atoms with van der Waals surface area (Å²) >= 11 is 0. The third kappa shape index (κ3) is 8.07. The van der Waals surface area contributed by atoms with E-state index in [1.165, 1.54) is 0 Å². The summed E-state index contributed by atoms with van der Waals surface area (Å²) in [6.07, 6.45) is 3.79. The third-order valence-electron chi connectivity index (χ3n) is 3.75. The minimum atomic E-state index is 0. The number of ether oxygens (including phenoxy) is 1. The molecule has 1 unspecified atom stereocenters. The predicted molar refractivity (Wildman–Crippen MR) is 117 cm³/mol. The molecule has 1 atom stereocenters. The van der Waals surface area contributed by atoms with Crippen LogP contribution in [0.4, 0.5) is 0 Å². The molecule has 0 spiro atoms. The number of likely N-dealkylation sites (N-methyl/N-ethyl adjacent to an activating group) is 1. The highest BCUT2D eigenvalue weighted by Gasteiger charge is 2.08. The molecule has 1 aromatic carbocycles. The number of hydrogen-bond donors (Lipinski definition) is 1. The second-order valence-electron chi connectivity index (χ2n) is 6.11. The van der Waals surface area contributed by atoms with Crippen LogP contribution in [0, 0.1) is 5.92 Å². The zero-order chi connectivity index (χ0) is 17.9. The molecule has 1 heterocycles. The molecule has 6 nitrogen and oxygen atoms in total. The van der Waals surface area contributed by atoms with E-state index >= 15 is 0 Å². The van der Waals surface area contributed by atoms with Crippen molar-refractivity contribution in [3.63, 3.8) is 0 Å². The minimum absolute atomic E-state index is 0. The molecule has 2 aromatic rings. The number of para-hydroxylation sites is 1. The van der Waals surface area contributed by atoms with Gasteiger partial charge in [0.25, 0.3) is 0 Å². The Bertz CT molecular complexity index is 618. The van der Waals surface area contributed by atoms with Crippen molar-refractivity contribution >= 4 is 29.9 Å². The first-order chi connectivity index (χ1) is 12.2. The Labute approximate surface area is 173 Å². The quantitative estimate of drug-likeness (QED) is 0.347. The van der Waals surface area contributed by atoms with E-state index in [2.05, 4.69) is 29.2 Å². The lowest BCUT2D eigenvalue weighted by molar-refractivity contribution is 0.281. The molecule has 0 aliphatic rings. The summed E-state index contributed by atoms with van der Waals surface area (Å²) in [5, 5.41) is 7.59. The number of benzene rings is 1. The van der Waals surface area contributed by atoms with Crippen molar-refractivity contribution < 1.29 is 4.74 Å². The highest BCUT2D eigenvalue weighted by molar-refractivity contribution is 14.0. The smallest absolute Gasteiger partial charge is 0.193 e. The number of aliphatic imine (C=N–C) groups is 1.